The van der Waals surface area contributed by atoms with Gasteiger partial charge in [0.2, 0.25) is 5.91 Å². The highest BCUT2D eigenvalue weighted by molar-refractivity contribution is 5.98. The van der Waals surface area contributed by atoms with Gasteiger partial charge in [0.25, 0.3) is 11.1 Å². The predicted molar refractivity (Wildman–Crippen MR) is 274 cm³/mol. The predicted octanol–water partition coefficient (Wildman–Crippen LogP) is 9.55. The Morgan fingerprint density at radius 3 is 1.61 bits per heavy atom. The van der Waals surface area contributed by atoms with E-state index in [9.17, 15) is 19.2 Å². The van der Waals surface area contributed by atoms with Gasteiger partial charge in [-0.25, -0.2) is 10.2 Å². The molecule has 1 saturated heterocycles. The Bertz CT molecular complexity index is 3260. The van der Waals surface area contributed by atoms with Crippen LogP contribution in [0.15, 0.2) is 131 Å². The van der Waals surface area contributed by atoms with Crippen LogP contribution in [0.4, 0.5) is 5.69 Å². The third-order valence-corrected chi connectivity index (χ3v) is 12.8. The van der Waals surface area contributed by atoms with Gasteiger partial charge in [-0.1, -0.05) is 84.9 Å². The summed E-state index contributed by atoms with van der Waals surface area (Å²) in [6.45, 7) is 6.88. The van der Waals surface area contributed by atoms with Crippen LogP contribution < -0.4 is 25.5 Å². The normalized spacial score (nSPS) is 13.2. The SMILES string of the molecule is C1CCOC1.COc1cc(C)c2c(c1)CCC2.COc1cc(C)c2c(c1)CCN2C(=O)Cc1ccc(-c2n[nH]c(=O)c3ccccc23)cc1.O=C(O)Cc1ccc(-c2n[nH]c(=O)c3ccccc23)cc1. The summed E-state index contributed by atoms with van der Waals surface area (Å²) in [5, 5.41) is 25.0. The fourth-order valence-electron chi connectivity index (χ4n) is 9.30. The van der Waals surface area contributed by atoms with Crippen molar-refractivity contribution in [2.75, 3.05) is 38.9 Å². The van der Waals surface area contributed by atoms with Gasteiger partial charge >= 0.3 is 5.97 Å². The lowest BCUT2D eigenvalue weighted by atomic mass is 10.0. The van der Waals surface area contributed by atoms with E-state index in [-0.39, 0.29) is 23.4 Å². The molecule has 0 saturated carbocycles. The number of aromatic nitrogens is 4. The van der Waals surface area contributed by atoms with Crippen molar-refractivity contribution in [3.63, 3.8) is 0 Å². The highest BCUT2D eigenvalue weighted by Gasteiger charge is 2.27. The average Bonchev–Trinajstić information content (AvgIpc) is 4.20. The summed E-state index contributed by atoms with van der Waals surface area (Å²) in [4.78, 5) is 49.5. The molecule has 3 aliphatic rings. The summed E-state index contributed by atoms with van der Waals surface area (Å²) < 4.78 is 15.5. The topological polar surface area (TPSA) is 177 Å². The number of fused-ring (bicyclic) bond motifs is 4. The summed E-state index contributed by atoms with van der Waals surface area (Å²) in [5.74, 6) is 1.05. The molecule has 0 atom stereocenters. The molecule has 2 aromatic heterocycles. The number of carbonyl (C=O) groups is 2. The zero-order valence-corrected chi connectivity index (χ0v) is 40.0. The number of nitrogens with zero attached hydrogens (tertiary/aromatic N) is 3. The third kappa shape index (κ3) is 11.3. The molecule has 358 valence electrons. The average molecular weight is 940 g/mol. The lowest BCUT2D eigenvalue weighted by molar-refractivity contribution is -0.136. The second kappa shape index (κ2) is 22.5. The number of H-pyrrole nitrogens is 2. The molecule has 13 heteroatoms. The van der Waals surface area contributed by atoms with Crippen LogP contribution in [-0.4, -0.2) is 71.4 Å². The molecule has 0 unspecified atom stereocenters. The highest BCUT2D eigenvalue weighted by Crippen LogP contribution is 2.36. The molecule has 4 heterocycles. The van der Waals surface area contributed by atoms with E-state index in [1.807, 2.05) is 90.7 Å². The Morgan fingerprint density at radius 2 is 1.11 bits per heavy atom. The highest BCUT2D eigenvalue weighted by atomic mass is 16.5. The first kappa shape index (κ1) is 48.6. The number of anilines is 1. The van der Waals surface area contributed by atoms with Crippen LogP contribution in [0.5, 0.6) is 11.5 Å². The maximum atomic E-state index is 13.1. The smallest absolute Gasteiger partial charge is 0.307 e. The van der Waals surface area contributed by atoms with Crippen molar-refractivity contribution in [3.05, 3.63) is 181 Å². The van der Waals surface area contributed by atoms with Gasteiger partial charge in [0.15, 0.2) is 0 Å². The quantitative estimate of drug-likeness (QED) is 0.133. The van der Waals surface area contributed by atoms with Gasteiger partial charge in [-0.05, 0) is 128 Å². The minimum atomic E-state index is -0.865. The van der Waals surface area contributed by atoms with E-state index in [4.69, 9.17) is 19.3 Å². The summed E-state index contributed by atoms with van der Waals surface area (Å²) in [6.07, 6.45) is 7.50. The first-order valence-corrected chi connectivity index (χ1v) is 23.6. The number of aromatic amines is 2. The van der Waals surface area contributed by atoms with Gasteiger partial charge in [0, 0.05) is 41.7 Å². The largest absolute Gasteiger partial charge is 0.497 e. The van der Waals surface area contributed by atoms with Gasteiger partial charge < -0.3 is 24.2 Å². The molecule has 8 aromatic rings. The van der Waals surface area contributed by atoms with E-state index in [1.165, 1.54) is 43.2 Å². The number of carbonyl (C=O) groups excluding carboxylic acids is 1. The van der Waals surface area contributed by atoms with Gasteiger partial charge in [0.05, 0.1) is 54.9 Å². The van der Waals surface area contributed by atoms with Crippen molar-refractivity contribution in [1.29, 1.82) is 0 Å². The number of carboxylic acid groups (broad SMARTS) is 1. The van der Waals surface area contributed by atoms with E-state index >= 15 is 0 Å². The molecule has 13 nitrogen and oxygen atoms in total. The number of aliphatic carboxylic acids is 1. The molecule has 70 heavy (non-hydrogen) atoms. The number of hydrogen-bond acceptors (Lipinski definition) is 9. The number of nitrogens with one attached hydrogen (secondary N) is 2. The molecule has 0 radical (unpaired) electrons. The molecular weight excluding hydrogens is 883 g/mol. The van der Waals surface area contributed by atoms with Crippen LogP contribution in [0.3, 0.4) is 0 Å². The van der Waals surface area contributed by atoms with Crippen LogP contribution in [0, 0.1) is 13.8 Å². The zero-order valence-electron chi connectivity index (χ0n) is 40.0. The molecule has 1 fully saturated rings. The van der Waals surface area contributed by atoms with Crippen molar-refractivity contribution in [2.24, 2.45) is 0 Å². The van der Waals surface area contributed by atoms with Crippen molar-refractivity contribution < 1.29 is 28.9 Å². The van der Waals surface area contributed by atoms with Crippen LogP contribution in [0.25, 0.3) is 44.1 Å². The molecule has 6 aromatic carbocycles. The Morgan fingerprint density at radius 1 is 0.614 bits per heavy atom. The van der Waals surface area contributed by atoms with Gasteiger partial charge in [-0.15, -0.1) is 0 Å². The van der Waals surface area contributed by atoms with Crippen LogP contribution >= 0.6 is 0 Å². The van der Waals surface area contributed by atoms with Gasteiger partial charge in [-0.3, -0.25) is 19.2 Å². The van der Waals surface area contributed by atoms with Crippen molar-refractivity contribution in [1.82, 2.24) is 20.4 Å². The van der Waals surface area contributed by atoms with E-state index in [2.05, 4.69) is 39.5 Å². The second-order valence-corrected chi connectivity index (χ2v) is 17.5. The number of hydrogen-bond donors (Lipinski definition) is 3. The summed E-state index contributed by atoms with van der Waals surface area (Å²) in [5.41, 5.74) is 12.0. The molecule has 2 aliphatic heterocycles. The lowest BCUT2D eigenvalue weighted by Gasteiger charge is -2.20. The van der Waals surface area contributed by atoms with Crippen molar-refractivity contribution in [3.8, 4) is 34.0 Å². The third-order valence-electron chi connectivity index (χ3n) is 12.8. The number of amides is 1. The molecule has 1 aliphatic carbocycles. The number of methoxy groups -OCH3 is 2. The second-order valence-electron chi connectivity index (χ2n) is 17.5. The molecule has 1 amide bonds. The molecular formula is C57H57N5O8. The fourth-order valence-corrected chi connectivity index (χ4v) is 9.30. The zero-order chi connectivity index (χ0) is 49.1. The van der Waals surface area contributed by atoms with Crippen LogP contribution in [-0.2, 0) is 46.4 Å². The van der Waals surface area contributed by atoms with Crippen molar-refractivity contribution in [2.45, 2.75) is 65.2 Å². The minimum absolute atomic E-state index is 0.0138. The first-order chi connectivity index (χ1) is 34.0. The molecule has 11 rings (SSSR count). The van der Waals surface area contributed by atoms with E-state index in [0.29, 0.717) is 29.4 Å². The minimum Gasteiger partial charge on any atom is -0.497 e. The van der Waals surface area contributed by atoms with Crippen LogP contribution in [0.2, 0.25) is 0 Å². The summed E-state index contributed by atoms with van der Waals surface area (Å²) in [6, 6.07) is 37.9. The molecule has 0 bridgehead atoms. The number of ether oxygens (including phenoxy) is 3. The maximum Gasteiger partial charge on any atom is 0.307 e. The lowest BCUT2D eigenvalue weighted by Crippen LogP contribution is -2.30. The van der Waals surface area contributed by atoms with E-state index in [0.717, 1.165) is 86.7 Å². The Kier molecular flexibility index (Phi) is 15.6. The Hall–Kier alpha value is -7.90. The van der Waals surface area contributed by atoms with Gasteiger partial charge in [0.1, 0.15) is 11.5 Å². The number of rotatable bonds is 8. The number of benzene rings is 6. The number of carboxylic acids is 1. The fraction of sp³-hybridized carbons (Fsp3) is 0.263. The first-order valence-electron chi connectivity index (χ1n) is 23.6. The standard InChI is InChI=1S/C26H23N3O3.C16H12N2O3.C11H14O.C4H8O/c1-16-13-20(32-2)15-19-11-12-29(25(16)19)23(30)14-17-7-9-18(10-8-17)24-21-5-3-4-6-22(21)26(31)28-27-24;19-14(20)9-10-5-7-11(8-6-10)15-12-3-1-2-4-13(12)16(21)18-17-15;1-8-6-10(12-2)7-9-4-3-5-11(8)9;1-2-4-5-3-1/h3-10,13,15H,11-12,14H2,1-2H3,(H,28,31);1-8H,9H2,(H,18,21)(H,19,20);6-7H,3-5H2,1-2H3;1-4H2. The van der Waals surface area contributed by atoms with Gasteiger partial charge in [-0.2, -0.15) is 10.2 Å². The number of aryl methyl sites for hydroxylation is 3. The Balaban J connectivity index is 0.000000147. The van der Waals surface area contributed by atoms with Crippen molar-refractivity contribution >= 4 is 39.1 Å². The van der Waals surface area contributed by atoms with E-state index < -0.39 is 5.97 Å². The summed E-state index contributed by atoms with van der Waals surface area (Å²) >= 11 is 0. The maximum absolute atomic E-state index is 13.1. The molecule has 0 spiro atoms. The summed E-state index contributed by atoms with van der Waals surface area (Å²) in [7, 11) is 3.39. The monoisotopic (exact) mass is 939 g/mol. The molecule has 3 N–H and O–H groups in total. The van der Waals surface area contributed by atoms with E-state index in [1.54, 1.807) is 50.1 Å². The Labute approximate surface area is 406 Å². The van der Waals surface area contributed by atoms with Crippen LogP contribution in [0.1, 0.15) is 58.2 Å².